The standard InChI is InChI=1S/C30H48N4O2/c1-4-33-19-11-15-26(33)23-34-28(35)27(22-24(2)3)31-29(36)30(34)16-20-32(21-17-30)18-10-6-9-14-25-12-7-5-8-13-25/h5,7-8,12-13,24,26-27H,4,6,9-11,14-23H2,1-3H3,(H,31,36)/t26?,27-/m0/s1. The number of likely N-dealkylation sites (tertiary alicyclic amines) is 2. The Morgan fingerprint density at radius 1 is 1.03 bits per heavy atom. The topological polar surface area (TPSA) is 55.9 Å². The molecule has 0 saturated carbocycles. The number of hydrogen-bond acceptors (Lipinski definition) is 4. The smallest absolute Gasteiger partial charge is 0.246 e. The van der Waals surface area contributed by atoms with Crippen LogP contribution in [0.1, 0.15) is 77.7 Å². The molecule has 4 rings (SSSR count). The van der Waals surface area contributed by atoms with Crippen molar-refractivity contribution in [2.24, 2.45) is 5.92 Å². The molecule has 2 amide bonds. The Labute approximate surface area is 218 Å². The summed E-state index contributed by atoms with van der Waals surface area (Å²) >= 11 is 0. The number of piperidine rings is 1. The van der Waals surface area contributed by atoms with Crippen molar-refractivity contribution in [3.05, 3.63) is 35.9 Å². The summed E-state index contributed by atoms with van der Waals surface area (Å²) in [6.07, 6.45) is 9.32. The van der Waals surface area contributed by atoms with E-state index in [2.05, 4.69) is 71.1 Å². The molecule has 1 unspecified atom stereocenters. The van der Waals surface area contributed by atoms with Gasteiger partial charge in [-0.15, -0.1) is 0 Å². The molecule has 0 aliphatic carbocycles. The van der Waals surface area contributed by atoms with Crippen LogP contribution in [0, 0.1) is 5.92 Å². The maximum atomic E-state index is 13.8. The summed E-state index contributed by atoms with van der Waals surface area (Å²) < 4.78 is 0. The van der Waals surface area contributed by atoms with Crippen molar-refractivity contribution >= 4 is 11.8 Å². The highest BCUT2D eigenvalue weighted by Crippen LogP contribution is 2.35. The molecule has 6 nitrogen and oxygen atoms in total. The number of nitrogens with zero attached hydrogens (tertiary/aromatic N) is 3. The number of carbonyl (C=O) groups is 2. The molecule has 0 bridgehead atoms. The van der Waals surface area contributed by atoms with Gasteiger partial charge in [0.1, 0.15) is 11.6 Å². The summed E-state index contributed by atoms with van der Waals surface area (Å²) in [7, 11) is 0. The molecule has 1 N–H and O–H groups in total. The first-order valence-electron chi connectivity index (χ1n) is 14.6. The van der Waals surface area contributed by atoms with Gasteiger partial charge in [0.05, 0.1) is 0 Å². The number of piperazine rings is 1. The van der Waals surface area contributed by atoms with E-state index >= 15 is 0 Å². The normalized spacial score (nSPS) is 25.2. The monoisotopic (exact) mass is 496 g/mol. The minimum atomic E-state index is -0.670. The molecule has 0 radical (unpaired) electrons. The highest BCUT2D eigenvalue weighted by Gasteiger charge is 2.54. The minimum absolute atomic E-state index is 0.0938. The highest BCUT2D eigenvalue weighted by molar-refractivity contribution is 6.00. The molecule has 6 heteroatoms. The lowest BCUT2D eigenvalue weighted by atomic mass is 9.80. The second-order valence-electron chi connectivity index (χ2n) is 11.7. The number of hydrogen-bond donors (Lipinski definition) is 1. The second kappa shape index (κ2) is 12.6. The zero-order chi connectivity index (χ0) is 25.5. The van der Waals surface area contributed by atoms with Crippen LogP contribution in [0.2, 0.25) is 0 Å². The van der Waals surface area contributed by atoms with Crippen LogP contribution in [0.15, 0.2) is 30.3 Å². The molecular weight excluding hydrogens is 448 g/mol. The van der Waals surface area contributed by atoms with Gasteiger partial charge in [0.15, 0.2) is 0 Å². The third-order valence-corrected chi connectivity index (χ3v) is 8.78. The molecule has 36 heavy (non-hydrogen) atoms. The van der Waals surface area contributed by atoms with E-state index in [1.165, 1.54) is 31.2 Å². The lowest BCUT2D eigenvalue weighted by Crippen LogP contribution is -2.74. The van der Waals surface area contributed by atoms with Crippen LogP contribution >= 0.6 is 0 Å². The van der Waals surface area contributed by atoms with Crippen molar-refractivity contribution < 1.29 is 9.59 Å². The van der Waals surface area contributed by atoms with E-state index in [4.69, 9.17) is 0 Å². The van der Waals surface area contributed by atoms with Gasteiger partial charge in [-0.25, -0.2) is 0 Å². The van der Waals surface area contributed by atoms with Gasteiger partial charge < -0.3 is 15.1 Å². The third kappa shape index (κ3) is 6.31. The number of amides is 2. The lowest BCUT2D eigenvalue weighted by Gasteiger charge is -2.52. The SMILES string of the molecule is CCN1CCCC1CN1C(=O)[C@H](CC(C)C)NC(=O)C12CCN(CCCCCc1ccccc1)CC2. The average Bonchev–Trinajstić information content (AvgIpc) is 3.33. The lowest BCUT2D eigenvalue weighted by molar-refractivity contribution is -0.162. The summed E-state index contributed by atoms with van der Waals surface area (Å²) in [4.78, 5) is 34.5. The van der Waals surface area contributed by atoms with E-state index in [1.807, 2.05) is 0 Å². The summed E-state index contributed by atoms with van der Waals surface area (Å²) in [5.41, 5.74) is 0.751. The number of carbonyl (C=O) groups excluding carboxylic acids is 2. The minimum Gasteiger partial charge on any atom is -0.342 e. The van der Waals surface area contributed by atoms with Gasteiger partial charge in [0, 0.05) is 25.7 Å². The fourth-order valence-corrected chi connectivity index (χ4v) is 6.63. The van der Waals surface area contributed by atoms with E-state index in [-0.39, 0.29) is 17.9 Å². The Morgan fingerprint density at radius 2 is 1.78 bits per heavy atom. The van der Waals surface area contributed by atoms with Crippen molar-refractivity contribution in [3.8, 4) is 0 Å². The summed E-state index contributed by atoms with van der Waals surface area (Å²) in [6, 6.07) is 10.7. The number of aryl methyl sites for hydroxylation is 1. The van der Waals surface area contributed by atoms with Crippen molar-refractivity contribution in [2.45, 2.75) is 96.2 Å². The zero-order valence-electron chi connectivity index (χ0n) is 22.9. The molecule has 3 aliphatic rings. The van der Waals surface area contributed by atoms with Gasteiger partial charge in [-0.05, 0) is 82.5 Å². The number of unbranched alkanes of at least 4 members (excludes halogenated alkanes) is 2. The van der Waals surface area contributed by atoms with Crippen molar-refractivity contribution in [1.82, 2.24) is 20.0 Å². The number of nitrogens with one attached hydrogen (secondary N) is 1. The fourth-order valence-electron chi connectivity index (χ4n) is 6.63. The number of benzene rings is 1. The van der Waals surface area contributed by atoms with Crippen LogP contribution in [-0.2, 0) is 16.0 Å². The van der Waals surface area contributed by atoms with Crippen LogP contribution in [0.25, 0.3) is 0 Å². The second-order valence-corrected chi connectivity index (χ2v) is 11.7. The molecule has 1 aromatic rings. The van der Waals surface area contributed by atoms with Crippen molar-refractivity contribution in [1.29, 1.82) is 0 Å². The van der Waals surface area contributed by atoms with E-state index < -0.39 is 5.54 Å². The predicted octanol–water partition coefficient (Wildman–Crippen LogP) is 4.09. The zero-order valence-corrected chi connectivity index (χ0v) is 22.9. The maximum Gasteiger partial charge on any atom is 0.246 e. The van der Waals surface area contributed by atoms with E-state index in [9.17, 15) is 9.59 Å². The molecule has 200 valence electrons. The number of likely N-dealkylation sites (N-methyl/N-ethyl adjacent to an activating group) is 1. The number of rotatable bonds is 11. The molecular formula is C30H48N4O2. The Hall–Kier alpha value is -1.92. The molecule has 3 heterocycles. The van der Waals surface area contributed by atoms with Crippen LogP contribution in [0.3, 0.4) is 0 Å². The van der Waals surface area contributed by atoms with Crippen LogP contribution < -0.4 is 5.32 Å². The van der Waals surface area contributed by atoms with Crippen molar-refractivity contribution in [3.63, 3.8) is 0 Å². The fraction of sp³-hybridized carbons (Fsp3) is 0.733. The third-order valence-electron chi connectivity index (χ3n) is 8.78. The maximum absolute atomic E-state index is 13.8. The van der Waals surface area contributed by atoms with Gasteiger partial charge in [-0.3, -0.25) is 14.5 Å². The van der Waals surface area contributed by atoms with Gasteiger partial charge in [-0.2, -0.15) is 0 Å². The Bertz CT molecular complexity index is 850. The molecule has 2 atom stereocenters. The molecule has 1 aromatic carbocycles. The average molecular weight is 497 g/mol. The van der Waals surface area contributed by atoms with Crippen LogP contribution in [0.4, 0.5) is 0 Å². The summed E-state index contributed by atoms with van der Waals surface area (Å²) in [6.45, 7) is 12.2. The summed E-state index contributed by atoms with van der Waals surface area (Å²) in [5, 5.41) is 3.17. The Morgan fingerprint density at radius 3 is 2.47 bits per heavy atom. The van der Waals surface area contributed by atoms with Gasteiger partial charge >= 0.3 is 0 Å². The highest BCUT2D eigenvalue weighted by atomic mass is 16.2. The Kier molecular flexibility index (Phi) is 9.46. The molecule has 3 aliphatic heterocycles. The van der Waals surface area contributed by atoms with Crippen LogP contribution in [0.5, 0.6) is 0 Å². The van der Waals surface area contributed by atoms with Gasteiger partial charge in [0.25, 0.3) is 0 Å². The first kappa shape index (κ1) is 27.1. The van der Waals surface area contributed by atoms with Gasteiger partial charge in [0.2, 0.25) is 11.8 Å². The Balaban J connectivity index is 1.34. The van der Waals surface area contributed by atoms with Gasteiger partial charge in [-0.1, -0.05) is 57.5 Å². The van der Waals surface area contributed by atoms with E-state index in [0.29, 0.717) is 24.9 Å². The van der Waals surface area contributed by atoms with Crippen LogP contribution in [-0.4, -0.2) is 83.4 Å². The quantitative estimate of drug-likeness (QED) is 0.469. The first-order valence-corrected chi connectivity index (χ1v) is 14.6. The molecule has 3 saturated heterocycles. The molecule has 0 aromatic heterocycles. The molecule has 1 spiro atoms. The largest absolute Gasteiger partial charge is 0.342 e. The summed E-state index contributed by atoms with van der Waals surface area (Å²) in [5.74, 6) is 0.620. The van der Waals surface area contributed by atoms with Crippen molar-refractivity contribution in [2.75, 3.05) is 39.3 Å². The van der Waals surface area contributed by atoms with E-state index in [1.54, 1.807) is 0 Å². The predicted molar refractivity (Wildman–Crippen MR) is 146 cm³/mol. The van der Waals surface area contributed by atoms with E-state index in [0.717, 1.165) is 58.4 Å². The first-order chi connectivity index (χ1) is 17.4. The molecule has 3 fully saturated rings.